The lowest BCUT2D eigenvalue weighted by molar-refractivity contribution is 0.416. The Balaban J connectivity index is 2.23. The van der Waals surface area contributed by atoms with Crippen LogP contribution < -0.4 is 15.2 Å². The molecule has 8 heteroatoms. The molecule has 0 aliphatic heterocycles. The molecule has 4 N–H and O–H groups in total. The molecule has 0 saturated carbocycles. The van der Waals surface area contributed by atoms with Crippen molar-refractivity contribution in [2.45, 2.75) is 11.4 Å². The Morgan fingerprint density at radius 2 is 2.10 bits per heavy atom. The van der Waals surface area contributed by atoms with Crippen molar-refractivity contribution in [2.75, 3.05) is 12.4 Å². The first-order valence-electron chi connectivity index (χ1n) is 5.99. The normalized spacial score (nSPS) is 11.1. The van der Waals surface area contributed by atoms with Gasteiger partial charge < -0.3 is 15.2 Å². The van der Waals surface area contributed by atoms with Crippen molar-refractivity contribution in [3.63, 3.8) is 0 Å². The fourth-order valence-electron chi connectivity index (χ4n) is 1.71. The second kappa shape index (κ2) is 5.98. The van der Waals surface area contributed by atoms with E-state index in [0.29, 0.717) is 23.7 Å². The van der Waals surface area contributed by atoms with Crippen molar-refractivity contribution in [2.24, 2.45) is 5.14 Å². The van der Waals surface area contributed by atoms with Gasteiger partial charge in [0, 0.05) is 0 Å². The van der Waals surface area contributed by atoms with Crippen molar-refractivity contribution in [1.82, 2.24) is 4.98 Å². The number of anilines is 1. The molecule has 0 atom stereocenters. The third-order valence-electron chi connectivity index (χ3n) is 2.77. The van der Waals surface area contributed by atoms with E-state index in [4.69, 9.17) is 15.0 Å². The van der Waals surface area contributed by atoms with E-state index >= 15 is 0 Å². The summed E-state index contributed by atoms with van der Waals surface area (Å²) in [5.41, 5.74) is 1.16. The molecule has 7 nitrogen and oxygen atoms in total. The lowest BCUT2D eigenvalue weighted by atomic mass is 10.2. The topological polar surface area (TPSA) is 115 Å². The van der Waals surface area contributed by atoms with Gasteiger partial charge in [0.15, 0.2) is 0 Å². The average Bonchev–Trinajstić information content (AvgIpc) is 2.45. The highest BCUT2D eigenvalue weighted by Crippen LogP contribution is 2.27. The first-order chi connectivity index (χ1) is 9.90. The number of benzene rings is 1. The molecule has 2 rings (SSSR count). The van der Waals surface area contributed by atoms with Crippen LogP contribution in [0.1, 0.15) is 5.69 Å². The van der Waals surface area contributed by atoms with Crippen LogP contribution in [0.3, 0.4) is 0 Å². The summed E-state index contributed by atoms with van der Waals surface area (Å²) in [6, 6.07) is 7.46. The monoisotopic (exact) mass is 309 g/mol. The number of nitrogens with one attached hydrogen (secondary N) is 1. The van der Waals surface area contributed by atoms with Gasteiger partial charge in [-0.2, -0.15) is 0 Å². The van der Waals surface area contributed by atoms with Gasteiger partial charge in [-0.15, -0.1) is 0 Å². The number of rotatable bonds is 5. The smallest absolute Gasteiger partial charge is 0.238 e. The fourth-order valence-corrected chi connectivity index (χ4v) is 2.25. The minimum absolute atomic E-state index is 0.00975. The molecule has 21 heavy (non-hydrogen) atoms. The van der Waals surface area contributed by atoms with E-state index in [2.05, 4.69) is 10.3 Å². The number of methoxy groups -OCH3 is 1. The van der Waals surface area contributed by atoms with E-state index in [9.17, 15) is 8.42 Å². The number of aromatic nitrogens is 1. The second-order valence-electron chi connectivity index (χ2n) is 4.27. The highest BCUT2D eigenvalue weighted by atomic mass is 32.2. The Hall–Kier alpha value is -2.32. The second-order valence-corrected chi connectivity index (χ2v) is 5.83. The van der Waals surface area contributed by atoms with Gasteiger partial charge in [-0.1, -0.05) is 0 Å². The molecule has 0 aliphatic rings. The molecule has 0 amide bonds. The SMILES string of the molecule is COc1ccc(S(N)(=O)=O)cc1NCc1ccc(O)cn1. The molecule has 0 radical (unpaired) electrons. The molecule has 0 spiro atoms. The van der Waals surface area contributed by atoms with Crippen LogP contribution >= 0.6 is 0 Å². The molecule has 1 heterocycles. The van der Waals surface area contributed by atoms with Crippen LogP contribution in [0.4, 0.5) is 5.69 Å². The van der Waals surface area contributed by atoms with Gasteiger partial charge in [0.2, 0.25) is 10.0 Å². The van der Waals surface area contributed by atoms with Crippen molar-refractivity contribution >= 4 is 15.7 Å². The molecular formula is C13H15N3O4S. The number of primary sulfonamides is 1. The standard InChI is InChI=1S/C13H15N3O4S/c1-20-13-5-4-11(21(14,18)19)6-12(13)16-7-9-2-3-10(17)8-15-9/h2-6,8,16-17H,7H2,1H3,(H2,14,18,19). The summed E-state index contributed by atoms with van der Waals surface area (Å²) >= 11 is 0. The van der Waals surface area contributed by atoms with Crippen LogP contribution in [0.25, 0.3) is 0 Å². The van der Waals surface area contributed by atoms with Gasteiger partial charge in [0.1, 0.15) is 11.5 Å². The van der Waals surface area contributed by atoms with Gasteiger partial charge >= 0.3 is 0 Å². The maximum absolute atomic E-state index is 11.4. The van der Waals surface area contributed by atoms with Crippen LogP contribution in [0.2, 0.25) is 0 Å². The predicted molar refractivity (Wildman–Crippen MR) is 77.6 cm³/mol. The van der Waals surface area contributed by atoms with Crippen molar-refractivity contribution in [3.8, 4) is 11.5 Å². The summed E-state index contributed by atoms with van der Waals surface area (Å²) in [5, 5.41) is 17.3. The quantitative estimate of drug-likeness (QED) is 0.760. The first-order valence-corrected chi connectivity index (χ1v) is 7.53. The molecule has 0 bridgehead atoms. The van der Waals surface area contributed by atoms with Gasteiger partial charge in [0.25, 0.3) is 0 Å². The van der Waals surface area contributed by atoms with Crippen molar-refractivity contribution < 1.29 is 18.3 Å². The van der Waals surface area contributed by atoms with E-state index in [1.807, 2.05) is 0 Å². The summed E-state index contributed by atoms with van der Waals surface area (Å²) in [6.45, 7) is 0.338. The molecule has 1 aromatic heterocycles. The highest BCUT2D eigenvalue weighted by molar-refractivity contribution is 7.89. The molecule has 112 valence electrons. The summed E-state index contributed by atoms with van der Waals surface area (Å²) in [6.07, 6.45) is 1.33. The number of sulfonamides is 1. The lowest BCUT2D eigenvalue weighted by Crippen LogP contribution is -2.13. The zero-order valence-corrected chi connectivity index (χ0v) is 12.1. The summed E-state index contributed by atoms with van der Waals surface area (Å²) < 4.78 is 27.9. The Bertz CT molecular complexity index is 730. The van der Waals surface area contributed by atoms with E-state index in [1.165, 1.54) is 37.6 Å². The lowest BCUT2D eigenvalue weighted by Gasteiger charge is -2.12. The Morgan fingerprint density at radius 3 is 2.67 bits per heavy atom. The number of nitrogens with zero attached hydrogens (tertiary/aromatic N) is 1. The van der Waals surface area contributed by atoms with Crippen molar-refractivity contribution in [3.05, 3.63) is 42.2 Å². The maximum Gasteiger partial charge on any atom is 0.238 e. The number of pyridine rings is 1. The fraction of sp³-hybridized carbons (Fsp3) is 0.154. The van der Waals surface area contributed by atoms with Gasteiger partial charge in [0.05, 0.1) is 36.1 Å². The summed E-state index contributed by atoms with van der Waals surface area (Å²) in [5.74, 6) is 0.564. The summed E-state index contributed by atoms with van der Waals surface area (Å²) in [7, 11) is -2.30. The Labute approximate surface area is 122 Å². The molecule has 0 aliphatic carbocycles. The molecule has 0 fully saturated rings. The van der Waals surface area contributed by atoms with Crippen LogP contribution in [-0.2, 0) is 16.6 Å². The van der Waals surface area contributed by atoms with Gasteiger partial charge in [-0.3, -0.25) is 4.98 Å². The van der Waals surface area contributed by atoms with Crippen molar-refractivity contribution in [1.29, 1.82) is 0 Å². The molecule has 0 saturated heterocycles. The van der Waals surface area contributed by atoms with Crippen LogP contribution in [0.5, 0.6) is 11.5 Å². The number of aromatic hydroxyl groups is 1. The van der Waals surface area contributed by atoms with E-state index in [-0.39, 0.29) is 10.6 Å². The number of hydrogen-bond acceptors (Lipinski definition) is 6. The number of ether oxygens (including phenoxy) is 1. The van der Waals surface area contributed by atoms with Crippen LogP contribution in [0, 0.1) is 0 Å². The number of hydrogen-bond donors (Lipinski definition) is 3. The maximum atomic E-state index is 11.4. The van der Waals surface area contributed by atoms with Crippen LogP contribution in [-0.4, -0.2) is 25.6 Å². The molecular weight excluding hydrogens is 294 g/mol. The van der Waals surface area contributed by atoms with Gasteiger partial charge in [-0.05, 0) is 30.3 Å². The van der Waals surface area contributed by atoms with Crippen LogP contribution in [0.15, 0.2) is 41.4 Å². The first kappa shape index (κ1) is 15.1. The summed E-state index contributed by atoms with van der Waals surface area (Å²) in [4.78, 5) is 4.01. The van der Waals surface area contributed by atoms with Gasteiger partial charge in [-0.25, -0.2) is 13.6 Å². The third-order valence-corrected chi connectivity index (χ3v) is 3.68. The minimum Gasteiger partial charge on any atom is -0.506 e. The molecule has 0 unspecified atom stereocenters. The molecule has 1 aromatic carbocycles. The third kappa shape index (κ3) is 3.83. The predicted octanol–water partition coefficient (Wildman–Crippen LogP) is 1.06. The molecule has 2 aromatic rings. The van der Waals surface area contributed by atoms with E-state index < -0.39 is 10.0 Å². The largest absolute Gasteiger partial charge is 0.506 e. The highest BCUT2D eigenvalue weighted by Gasteiger charge is 2.12. The Morgan fingerprint density at radius 1 is 1.33 bits per heavy atom. The van der Waals surface area contributed by atoms with E-state index in [1.54, 1.807) is 6.07 Å². The average molecular weight is 309 g/mol. The number of nitrogens with two attached hydrogens (primary N) is 1. The van der Waals surface area contributed by atoms with E-state index in [0.717, 1.165) is 0 Å². The Kier molecular flexibility index (Phi) is 4.29. The zero-order chi connectivity index (χ0) is 15.5. The zero-order valence-electron chi connectivity index (χ0n) is 11.3. The minimum atomic E-state index is -3.78.